The summed E-state index contributed by atoms with van der Waals surface area (Å²) in [5.41, 5.74) is 5.14. The third kappa shape index (κ3) is 18.6. The molecular formula is C58H41BBr3Cl3F4N8O5. The lowest BCUT2D eigenvalue weighted by Crippen LogP contribution is -2.41. The Bertz CT molecular complexity index is 3740. The van der Waals surface area contributed by atoms with Gasteiger partial charge < -0.3 is 14.4 Å². The molecule has 1 N–H and O–H groups in total. The van der Waals surface area contributed by atoms with Gasteiger partial charge in [0.25, 0.3) is 0 Å². The van der Waals surface area contributed by atoms with Gasteiger partial charge in [-0.1, -0.05) is 75.0 Å². The van der Waals surface area contributed by atoms with Gasteiger partial charge in [-0.3, -0.25) is 29.5 Å². The number of aryl methyl sites for hydroxylation is 1. The zero-order valence-corrected chi connectivity index (χ0v) is 50.5. The van der Waals surface area contributed by atoms with Crippen molar-refractivity contribution in [2.45, 2.75) is 52.4 Å². The van der Waals surface area contributed by atoms with Crippen molar-refractivity contribution in [3.8, 4) is 46.5 Å². The molecule has 416 valence electrons. The second-order valence-electron chi connectivity index (χ2n) is 17.6. The minimum absolute atomic E-state index is 0.00926. The number of aliphatic hydroxyl groups is 1. The van der Waals surface area contributed by atoms with Crippen molar-refractivity contribution in [2.75, 3.05) is 0 Å². The third-order valence-electron chi connectivity index (χ3n) is 11.6. The Morgan fingerprint density at radius 3 is 1.44 bits per heavy atom. The highest BCUT2D eigenvalue weighted by Crippen LogP contribution is 2.37. The van der Waals surface area contributed by atoms with E-state index in [9.17, 15) is 32.3 Å². The summed E-state index contributed by atoms with van der Waals surface area (Å²) in [5.74, 6) is -2.19. The van der Waals surface area contributed by atoms with Crippen molar-refractivity contribution in [2.24, 2.45) is 0 Å². The Morgan fingerprint density at radius 1 is 0.561 bits per heavy atom. The van der Waals surface area contributed by atoms with E-state index in [-0.39, 0.29) is 50.9 Å². The highest BCUT2D eigenvalue weighted by atomic mass is 79.9. The largest absolute Gasteiger partial charge is 0.494 e. The molecular weight excluding hydrogens is 1320 g/mol. The van der Waals surface area contributed by atoms with Crippen LogP contribution < -0.4 is 5.46 Å². The van der Waals surface area contributed by atoms with Crippen LogP contribution in [0.25, 0.3) is 22.3 Å². The fourth-order valence-electron chi connectivity index (χ4n) is 6.65. The molecule has 1 aliphatic heterocycles. The van der Waals surface area contributed by atoms with Gasteiger partial charge in [0.15, 0.2) is 24.2 Å². The maximum atomic E-state index is 13.5. The van der Waals surface area contributed by atoms with Gasteiger partial charge in [0.1, 0.15) is 29.8 Å². The Balaban J connectivity index is 0.000000217. The average Bonchev–Trinajstić information content (AvgIpc) is 3.26. The molecule has 1 aliphatic rings. The lowest BCUT2D eigenvalue weighted by molar-refractivity contribution is 0.00578. The Morgan fingerprint density at radius 2 is 1.01 bits per heavy atom. The monoisotopic (exact) mass is 1360 g/mol. The normalized spacial score (nSPS) is 12.1. The molecule has 0 saturated carbocycles. The van der Waals surface area contributed by atoms with E-state index in [1.165, 1.54) is 43.0 Å². The fourth-order valence-corrected chi connectivity index (χ4v) is 8.55. The first kappa shape index (κ1) is 67.3. The summed E-state index contributed by atoms with van der Waals surface area (Å²) in [6, 6.07) is 29.5. The maximum absolute atomic E-state index is 13.5. The van der Waals surface area contributed by atoms with Gasteiger partial charge in [-0.25, -0.2) is 17.6 Å². The van der Waals surface area contributed by atoms with Gasteiger partial charge >= 0.3 is 7.12 Å². The van der Waals surface area contributed by atoms with Gasteiger partial charge in [0.05, 0.1) is 97.1 Å². The first-order chi connectivity index (χ1) is 38.9. The number of carbonyl (C=O) groups is 2. The van der Waals surface area contributed by atoms with Crippen LogP contribution in [0.5, 0.6) is 0 Å². The van der Waals surface area contributed by atoms with E-state index < -0.39 is 24.1 Å². The molecule has 82 heavy (non-hydrogen) atoms. The fraction of sp³-hybridized carbons (Fsp3) is 0.138. The smallest absolute Gasteiger partial charge is 0.399 e. The molecule has 4 aromatic heterocycles. The summed E-state index contributed by atoms with van der Waals surface area (Å²) in [7, 11) is -0.360. The number of hydrogen-bond acceptors (Lipinski definition) is 13. The number of hydrogen-bond donors (Lipinski definition) is 1. The van der Waals surface area contributed by atoms with E-state index in [1.54, 1.807) is 42.5 Å². The van der Waals surface area contributed by atoms with Crippen LogP contribution >= 0.6 is 82.6 Å². The van der Waals surface area contributed by atoms with E-state index >= 15 is 0 Å². The number of pyridine rings is 4. The number of aldehydes is 2. The number of carbonyl (C=O) groups excluding carboxylic acids is 2. The molecule has 5 heterocycles. The summed E-state index contributed by atoms with van der Waals surface area (Å²) in [6.45, 7) is 9.62. The van der Waals surface area contributed by atoms with Gasteiger partial charge in [-0.15, -0.1) is 0 Å². The minimum Gasteiger partial charge on any atom is -0.399 e. The highest BCUT2D eigenvalue weighted by Gasteiger charge is 2.51. The summed E-state index contributed by atoms with van der Waals surface area (Å²) in [4.78, 5) is 35.5. The van der Waals surface area contributed by atoms with Crippen LogP contribution in [0.1, 0.15) is 81.8 Å². The number of nitriles is 4. The predicted octanol–water partition coefficient (Wildman–Crippen LogP) is 15.0. The van der Waals surface area contributed by atoms with Crippen molar-refractivity contribution >= 4 is 108 Å². The van der Waals surface area contributed by atoms with Crippen LogP contribution in [-0.4, -0.2) is 55.9 Å². The summed E-state index contributed by atoms with van der Waals surface area (Å²) < 4.78 is 65.4. The molecule has 24 heteroatoms. The van der Waals surface area contributed by atoms with E-state index in [0.717, 1.165) is 40.3 Å². The lowest BCUT2D eigenvalue weighted by Gasteiger charge is -2.32. The minimum atomic E-state index is -0.692. The van der Waals surface area contributed by atoms with Gasteiger partial charge in [0, 0.05) is 54.9 Å². The molecule has 1 fully saturated rings. The number of aliphatic hydroxyl groups excluding tert-OH is 1. The number of rotatable bonds is 6. The second-order valence-corrected chi connectivity index (χ2v) is 21.5. The number of benzene rings is 4. The average molecular weight is 1360 g/mol. The molecule has 8 aromatic rings. The maximum Gasteiger partial charge on any atom is 0.494 e. The van der Waals surface area contributed by atoms with Crippen molar-refractivity contribution in [1.29, 1.82) is 21.0 Å². The molecule has 13 nitrogen and oxygen atoms in total. The van der Waals surface area contributed by atoms with Crippen molar-refractivity contribution in [1.82, 2.24) is 19.9 Å². The van der Waals surface area contributed by atoms with Crippen LogP contribution in [0.4, 0.5) is 17.6 Å². The second kappa shape index (κ2) is 31.8. The number of nitrogens with zero attached hydrogens (tertiary/aromatic N) is 8. The summed E-state index contributed by atoms with van der Waals surface area (Å²) in [5, 5.41) is 45.1. The lowest BCUT2D eigenvalue weighted by atomic mass is 9.78. The Labute approximate surface area is 510 Å². The standard InChI is InChI=1S/C14H18BNO2.C13H8ClFN2O.C13H6ClFN2O.C7H3BrClN.C6H3BrFNO.C5H3BrFN/c1-10-8-12(7-6-11(10)9-16)15-17-13(2,3)14(4,5)18-15;2*14-12-3-8(1-2-9(12)4-16)10-5-17-6-13(15)11(10)7-18;8-6-2-1-5(4-10)7(9)3-6;7-5-1-9-2-6(8)4(5)3-10;6-4-1-5(7)3-8-2-4/h6-8H,1-5H3;1-3,5-6,18H,7H2;1-3,5-7H;2*1-3H;1-3H. The van der Waals surface area contributed by atoms with Gasteiger partial charge in [0.2, 0.25) is 0 Å². The van der Waals surface area contributed by atoms with E-state index in [0.29, 0.717) is 71.0 Å². The molecule has 0 spiro atoms. The molecule has 0 radical (unpaired) electrons. The molecule has 9 rings (SSSR count). The van der Waals surface area contributed by atoms with Crippen LogP contribution in [0.2, 0.25) is 15.1 Å². The number of halogens is 10. The summed E-state index contributed by atoms with van der Waals surface area (Å²) in [6.07, 6.45) is 10.8. The molecule has 0 atom stereocenters. The first-order valence-electron chi connectivity index (χ1n) is 23.3. The van der Waals surface area contributed by atoms with E-state index in [4.69, 9.17) is 65.2 Å². The molecule has 1 saturated heterocycles. The van der Waals surface area contributed by atoms with Crippen molar-refractivity contribution in [3.63, 3.8) is 0 Å². The van der Waals surface area contributed by atoms with Crippen LogP contribution in [0.15, 0.2) is 142 Å². The number of aromatic nitrogens is 4. The summed E-state index contributed by atoms with van der Waals surface area (Å²) >= 11 is 26.7. The molecule has 0 amide bonds. The third-order valence-corrected chi connectivity index (χ3v) is 14.1. The zero-order chi connectivity index (χ0) is 60.9. The topological polar surface area (TPSA) is 220 Å². The zero-order valence-electron chi connectivity index (χ0n) is 43.5. The quantitative estimate of drug-likeness (QED) is 0.0931. The van der Waals surface area contributed by atoms with Crippen LogP contribution in [-0.2, 0) is 15.9 Å². The molecule has 0 unspecified atom stereocenters. The van der Waals surface area contributed by atoms with E-state index in [1.807, 2.05) is 71.0 Å². The van der Waals surface area contributed by atoms with Crippen molar-refractivity contribution in [3.05, 3.63) is 225 Å². The van der Waals surface area contributed by atoms with Crippen LogP contribution in [0, 0.1) is 75.5 Å². The SMILES string of the molecule is Cc1cc(B2OC(C)(C)C(C)(C)O2)ccc1C#N.Fc1cncc(Br)c1.N#Cc1ccc(-c2cncc(F)c2C=O)cc1Cl.N#Cc1ccc(-c2cncc(F)c2CO)cc1Cl.N#Cc1ccc(Br)cc1Cl.O=Cc1c(F)cncc1Br. The highest BCUT2D eigenvalue weighted by molar-refractivity contribution is 9.11. The van der Waals surface area contributed by atoms with E-state index in [2.05, 4.69) is 73.8 Å². The predicted molar refractivity (Wildman–Crippen MR) is 315 cm³/mol. The molecule has 0 bridgehead atoms. The van der Waals surface area contributed by atoms with Gasteiger partial charge in [-0.2, -0.15) is 21.0 Å². The first-order valence-corrected chi connectivity index (χ1v) is 26.8. The Kier molecular flexibility index (Phi) is 26.1. The van der Waals surface area contributed by atoms with Gasteiger partial charge in [-0.05, 0) is 143 Å². The van der Waals surface area contributed by atoms with Crippen LogP contribution in [0.3, 0.4) is 0 Å². The molecule has 4 aromatic carbocycles. The Hall–Kier alpha value is -7.25. The van der Waals surface area contributed by atoms with Crippen molar-refractivity contribution < 1.29 is 41.6 Å². The molecule has 0 aliphatic carbocycles.